The van der Waals surface area contributed by atoms with Gasteiger partial charge in [0.05, 0.1) is 13.1 Å². The summed E-state index contributed by atoms with van der Waals surface area (Å²) < 4.78 is 0. The maximum absolute atomic E-state index is 12.3. The fraction of sp³-hybridized carbons (Fsp3) is 0.688. The van der Waals surface area contributed by atoms with Crippen LogP contribution < -0.4 is 5.32 Å². The summed E-state index contributed by atoms with van der Waals surface area (Å²) in [6, 6.07) is 4.12. The smallest absolute Gasteiger partial charge is 0.236 e. The number of likely N-dealkylation sites (tertiary alicyclic amines) is 1. The zero-order valence-corrected chi connectivity index (χ0v) is 15.2. The lowest BCUT2D eigenvalue weighted by atomic mass is 9.93. The summed E-state index contributed by atoms with van der Waals surface area (Å²) in [4.78, 5) is 17.7. The van der Waals surface area contributed by atoms with Gasteiger partial charge in [0.25, 0.3) is 0 Å². The minimum absolute atomic E-state index is 0. The first-order valence-electron chi connectivity index (χ1n) is 7.82. The predicted octanol–water partition coefficient (Wildman–Crippen LogP) is 2.45. The Hall–Kier alpha value is -0.620. The predicted molar refractivity (Wildman–Crippen MR) is 95.7 cm³/mol. The van der Waals surface area contributed by atoms with E-state index in [1.807, 2.05) is 25.1 Å². The van der Waals surface area contributed by atoms with Crippen molar-refractivity contribution < 1.29 is 4.79 Å². The van der Waals surface area contributed by atoms with Gasteiger partial charge in [-0.15, -0.1) is 23.7 Å². The van der Waals surface area contributed by atoms with Crippen molar-refractivity contribution in [3.8, 4) is 0 Å². The van der Waals surface area contributed by atoms with E-state index >= 15 is 0 Å². The second-order valence-electron chi connectivity index (χ2n) is 5.94. The van der Waals surface area contributed by atoms with Crippen LogP contribution in [-0.2, 0) is 11.3 Å². The van der Waals surface area contributed by atoms with Crippen LogP contribution in [0.25, 0.3) is 0 Å². The second-order valence-corrected chi connectivity index (χ2v) is 6.97. The molecule has 0 aliphatic carbocycles. The molecule has 4 nitrogen and oxygen atoms in total. The number of rotatable bonds is 7. The van der Waals surface area contributed by atoms with Gasteiger partial charge in [-0.2, -0.15) is 0 Å². The third-order valence-corrected chi connectivity index (χ3v) is 5.13. The van der Waals surface area contributed by atoms with Crippen LogP contribution in [0.4, 0.5) is 0 Å². The van der Waals surface area contributed by atoms with Gasteiger partial charge in [-0.3, -0.25) is 9.69 Å². The fourth-order valence-corrected chi connectivity index (χ4v) is 3.58. The molecule has 1 aromatic rings. The number of carbonyl (C=O) groups excluding carboxylic acids is 1. The number of nitrogens with zero attached hydrogens (tertiary/aromatic N) is 2. The Bertz CT molecular complexity index is 419. The van der Waals surface area contributed by atoms with Crippen molar-refractivity contribution in [1.82, 2.24) is 15.1 Å². The summed E-state index contributed by atoms with van der Waals surface area (Å²) in [6.45, 7) is 4.53. The average Bonchev–Trinajstić information content (AvgIpc) is 2.99. The summed E-state index contributed by atoms with van der Waals surface area (Å²) in [5.74, 6) is 1.06. The number of halogens is 1. The molecule has 1 aliphatic heterocycles. The van der Waals surface area contributed by atoms with Crippen LogP contribution in [0.3, 0.4) is 0 Å². The van der Waals surface area contributed by atoms with E-state index in [2.05, 4.69) is 21.7 Å². The molecule has 0 saturated carbocycles. The quantitative estimate of drug-likeness (QED) is 0.824. The number of piperidine rings is 1. The summed E-state index contributed by atoms with van der Waals surface area (Å²) in [7, 11) is 3.92. The average molecular weight is 346 g/mol. The zero-order valence-electron chi connectivity index (χ0n) is 13.6. The van der Waals surface area contributed by atoms with Crippen molar-refractivity contribution in [3.63, 3.8) is 0 Å². The molecule has 1 N–H and O–H groups in total. The highest BCUT2D eigenvalue weighted by atomic mass is 35.5. The topological polar surface area (TPSA) is 35.6 Å². The van der Waals surface area contributed by atoms with Crippen molar-refractivity contribution in [2.75, 3.05) is 40.3 Å². The molecule has 1 aromatic heterocycles. The Balaban J connectivity index is 0.00000242. The molecule has 0 unspecified atom stereocenters. The number of hydrogen-bond donors (Lipinski definition) is 1. The molecule has 1 aliphatic rings. The Morgan fingerprint density at radius 3 is 2.77 bits per heavy atom. The molecule has 22 heavy (non-hydrogen) atoms. The van der Waals surface area contributed by atoms with E-state index in [9.17, 15) is 4.79 Å². The van der Waals surface area contributed by atoms with Gasteiger partial charge in [0.2, 0.25) is 5.91 Å². The highest BCUT2D eigenvalue weighted by Gasteiger charge is 2.21. The first-order chi connectivity index (χ1) is 10.2. The second kappa shape index (κ2) is 10.2. The normalized spacial score (nSPS) is 16.3. The molecule has 0 atom stereocenters. The molecule has 1 amide bonds. The molecule has 126 valence electrons. The molecular weight excluding hydrogens is 318 g/mol. The number of nitrogens with one attached hydrogen (secondary N) is 1. The largest absolute Gasteiger partial charge is 0.340 e. The summed E-state index contributed by atoms with van der Waals surface area (Å²) in [5.41, 5.74) is 0. The Morgan fingerprint density at radius 1 is 1.45 bits per heavy atom. The highest BCUT2D eigenvalue weighted by molar-refractivity contribution is 7.09. The number of hydrogen-bond acceptors (Lipinski definition) is 4. The van der Waals surface area contributed by atoms with E-state index in [4.69, 9.17) is 0 Å². The van der Waals surface area contributed by atoms with Crippen LogP contribution in [-0.4, -0.2) is 56.0 Å². The zero-order chi connectivity index (χ0) is 15.1. The highest BCUT2D eigenvalue weighted by Crippen LogP contribution is 2.20. The van der Waals surface area contributed by atoms with Gasteiger partial charge in [0.1, 0.15) is 0 Å². The van der Waals surface area contributed by atoms with Gasteiger partial charge in [0, 0.05) is 11.9 Å². The van der Waals surface area contributed by atoms with Crippen molar-refractivity contribution in [2.24, 2.45) is 5.92 Å². The molecule has 1 fully saturated rings. The van der Waals surface area contributed by atoms with Crippen LogP contribution in [0.5, 0.6) is 0 Å². The molecular formula is C16H28ClN3OS. The molecule has 0 aromatic carbocycles. The standard InChI is InChI=1S/C16H27N3OS.ClH/c1-17-8-5-14-6-9-19(10-7-14)13-16(20)18(2)12-15-4-3-11-21-15;/h3-4,11,14,17H,5-10,12-13H2,1-2H3;1H. The summed E-state index contributed by atoms with van der Waals surface area (Å²) in [6.07, 6.45) is 3.71. The van der Waals surface area contributed by atoms with Gasteiger partial charge >= 0.3 is 0 Å². The molecule has 0 bridgehead atoms. The van der Waals surface area contributed by atoms with Crippen molar-refractivity contribution in [1.29, 1.82) is 0 Å². The van der Waals surface area contributed by atoms with Crippen molar-refractivity contribution in [2.45, 2.75) is 25.8 Å². The lowest BCUT2D eigenvalue weighted by Gasteiger charge is -2.32. The monoisotopic (exact) mass is 345 g/mol. The molecule has 2 rings (SSSR count). The number of carbonyl (C=O) groups is 1. The van der Waals surface area contributed by atoms with Crippen LogP contribution in [0, 0.1) is 5.92 Å². The number of thiophene rings is 1. The Morgan fingerprint density at radius 2 is 2.18 bits per heavy atom. The van der Waals surface area contributed by atoms with E-state index in [0.29, 0.717) is 6.54 Å². The van der Waals surface area contributed by atoms with E-state index in [1.165, 1.54) is 24.1 Å². The molecule has 6 heteroatoms. The molecule has 0 spiro atoms. The summed E-state index contributed by atoms with van der Waals surface area (Å²) in [5, 5.41) is 5.28. The van der Waals surface area contributed by atoms with Gasteiger partial charge in [-0.25, -0.2) is 0 Å². The fourth-order valence-electron chi connectivity index (χ4n) is 2.82. The van der Waals surface area contributed by atoms with Gasteiger partial charge in [-0.05, 0) is 63.3 Å². The van der Waals surface area contributed by atoms with Gasteiger partial charge in [-0.1, -0.05) is 6.07 Å². The van der Waals surface area contributed by atoms with E-state index in [-0.39, 0.29) is 18.3 Å². The summed E-state index contributed by atoms with van der Waals surface area (Å²) >= 11 is 1.71. The molecule has 0 radical (unpaired) electrons. The first kappa shape index (κ1) is 19.4. The third kappa shape index (κ3) is 6.24. The number of amides is 1. The van der Waals surface area contributed by atoms with E-state index < -0.39 is 0 Å². The van der Waals surface area contributed by atoms with Crippen LogP contribution >= 0.6 is 23.7 Å². The maximum atomic E-state index is 12.3. The van der Waals surface area contributed by atoms with Gasteiger partial charge in [0.15, 0.2) is 0 Å². The third-order valence-electron chi connectivity index (χ3n) is 4.27. The van der Waals surface area contributed by atoms with Crippen LogP contribution in [0.15, 0.2) is 17.5 Å². The van der Waals surface area contributed by atoms with Crippen molar-refractivity contribution in [3.05, 3.63) is 22.4 Å². The molecule has 1 saturated heterocycles. The van der Waals surface area contributed by atoms with Gasteiger partial charge < -0.3 is 10.2 Å². The minimum Gasteiger partial charge on any atom is -0.340 e. The van der Waals surface area contributed by atoms with E-state index in [1.54, 1.807) is 11.3 Å². The van der Waals surface area contributed by atoms with E-state index in [0.717, 1.165) is 32.1 Å². The molecule has 2 heterocycles. The Labute approximate surface area is 144 Å². The first-order valence-corrected chi connectivity index (χ1v) is 8.70. The minimum atomic E-state index is 0. The SMILES string of the molecule is CNCCC1CCN(CC(=O)N(C)Cc2cccs2)CC1.Cl. The van der Waals surface area contributed by atoms with Crippen LogP contribution in [0.2, 0.25) is 0 Å². The lowest BCUT2D eigenvalue weighted by molar-refractivity contribution is -0.132. The van der Waals surface area contributed by atoms with Crippen LogP contribution in [0.1, 0.15) is 24.1 Å². The number of likely N-dealkylation sites (N-methyl/N-ethyl adjacent to an activating group) is 1. The Kier molecular flexibility index (Phi) is 9.02. The maximum Gasteiger partial charge on any atom is 0.236 e. The lowest BCUT2D eigenvalue weighted by Crippen LogP contribution is -2.42. The van der Waals surface area contributed by atoms with Crippen molar-refractivity contribution >= 4 is 29.7 Å².